The van der Waals surface area contributed by atoms with Gasteiger partial charge in [-0.1, -0.05) is 20.3 Å². The van der Waals surface area contributed by atoms with Crippen molar-refractivity contribution in [3.8, 4) is 0 Å². The van der Waals surface area contributed by atoms with Gasteiger partial charge in [-0.05, 0) is 24.7 Å². The average Bonchev–Trinajstić information content (AvgIpc) is 2.65. The minimum atomic E-state index is -0.235. The average molecular weight is 193 g/mol. The summed E-state index contributed by atoms with van der Waals surface area (Å²) in [7, 11) is 0. The summed E-state index contributed by atoms with van der Waals surface area (Å²) in [6, 6.07) is 0. The Morgan fingerprint density at radius 2 is 2.29 bits per heavy atom. The molecule has 3 atom stereocenters. The minimum Gasteiger partial charge on any atom is -0.347 e. The third-order valence-electron chi connectivity index (χ3n) is 3.60. The molecule has 0 amide bonds. The fourth-order valence-corrected chi connectivity index (χ4v) is 2.52. The minimum absolute atomic E-state index is 0.235. The third kappa shape index (κ3) is 1.46. The van der Waals surface area contributed by atoms with Gasteiger partial charge in [0.15, 0.2) is 0 Å². The fraction of sp³-hybridized carbons (Fsp3) is 0.727. The quantitative estimate of drug-likeness (QED) is 0.717. The second-order valence-corrected chi connectivity index (χ2v) is 4.77. The maximum atomic E-state index is 6.46. The summed E-state index contributed by atoms with van der Waals surface area (Å²) in [6.45, 7) is 4.50. The fourth-order valence-electron chi connectivity index (χ4n) is 2.52. The van der Waals surface area contributed by atoms with Crippen molar-refractivity contribution in [2.24, 2.45) is 17.6 Å². The van der Waals surface area contributed by atoms with E-state index >= 15 is 0 Å². The lowest BCUT2D eigenvalue weighted by Gasteiger charge is -2.40. The molecule has 1 aromatic heterocycles. The molecular weight excluding hydrogens is 174 g/mol. The number of hydrogen-bond acceptors (Lipinski definition) is 2. The van der Waals surface area contributed by atoms with Crippen LogP contribution in [0.1, 0.15) is 38.9 Å². The molecule has 0 spiro atoms. The number of aromatic nitrogens is 2. The molecule has 1 saturated carbocycles. The van der Waals surface area contributed by atoms with Gasteiger partial charge >= 0.3 is 0 Å². The number of H-pyrrole nitrogens is 1. The molecule has 0 bridgehead atoms. The molecular formula is C11H19N3. The molecule has 3 N–H and O–H groups in total. The molecule has 3 heteroatoms. The van der Waals surface area contributed by atoms with Crippen LogP contribution in [0.3, 0.4) is 0 Å². The molecule has 1 heterocycles. The van der Waals surface area contributed by atoms with Crippen LogP contribution in [-0.4, -0.2) is 9.97 Å². The largest absolute Gasteiger partial charge is 0.347 e. The summed E-state index contributed by atoms with van der Waals surface area (Å²) in [4.78, 5) is 7.48. The van der Waals surface area contributed by atoms with Crippen LogP contribution in [0.4, 0.5) is 0 Å². The van der Waals surface area contributed by atoms with Gasteiger partial charge in [0.1, 0.15) is 5.82 Å². The normalized spacial score (nSPS) is 38.5. The van der Waals surface area contributed by atoms with Crippen molar-refractivity contribution in [3.05, 3.63) is 18.2 Å². The Bertz CT molecular complexity index is 293. The predicted molar refractivity (Wildman–Crippen MR) is 56.6 cm³/mol. The van der Waals surface area contributed by atoms with E-state index in [0.717, 1.165) is 12.2 Å². The first-order chi connectivity index (χ1) is 6.63. The van der Waals surface area contributed by atoms with Gasteiger partial charge in [0, 0.05) is 12.4 Å². The summed E-state index contributed by atoms with van der Waals surface area (Å²) < 4.78 is 0. The molecule has 78 valence electrons. The van der Waals surface area contributed by atoms with Crippen LogP contribution in [0.25, 0.3) is 0 Å². The Morgan fingerprint density at radius 1 is 1.50 bits per heavy atom. The monoisotopic (exact) mass is 193 g/mol. The zero-order chi connectivity index (χ0) is 10.2. The van der Waals surface area contributed by atoms with Crippen molar-refractivity contribution in [3.63, 3.8) is 0 Å². The van der Waals surface area contributed by atoms with Gasteiger partial charge in [-0.2, -0.15) is 0 Å². The van der Waals surface area contributed by atoms with Crippen LogP contribution in [0.2, 0.25) is 0 Å². The van der Waals surface area contributed by atoms with E-state index in [9.17, 15) is 0 Å². The summed E-state index contributed by atoms with van der Waals surface area (Å²) in [5.41, 5.74) is 6.23. The third-order valence-corrected chi connectivity index (χ3v) is 3.60. The van der Waals surface area contributed by atoms with E-state index in [4.69, 9.17) is 5.73 Å². The van der Waals surface area contributed by atoms with Gasteiger partial charge in [0.05, 0.1) is 5.54 Å². The van der Waals surface area contributed by atoms with Crippen LogP contribution in [0, 0.1) is 11.8 Å². The zero-order valence-corrected chi connectivity index (χ0v) is 8.96. The molecule has 3 nitrogen and oxygen atoms in total. The van der Waals surface area contributed by atoms with Crippen molar-refractivity contribution >= 4 is 0 Å². The van der Waals surface area contributed by atoms with E-state index in [2.05, 4.69) is 23.8 Å². The number of nitrogens with zero attached hydrogens (tertiary/aromatic N) is 1. The van der Waals surface area contributed by atoms with Crippen LogP contribution < -0.4 is 5.73 Å². The van der Waals surface area contributed by atoms with Crippen molar-refractivity contribution in [2.75, 3.05) is 0 Å². The Morgan fingerprint density at radius 3 is 2.93 bits per heavy atom. The first-order valence-corrected chi connectivity index (χ1v) is 5.41. The van der Waals surface area contributed by atoms with E-state index in [-0.39, 0.29) is 5.54 Å². The lowest BCUT2D eigenvalue weighted by molar-refractivity contribution is 0.153. The smallest absolute Gasteiger partial charge is 0.126 e. The Balaban J connectivity index is 2.28. The van der Waals surface area contributed by atoms with Gasteiger partial charge in [-0.3, -0.25) is 0 Å². The van der Waals surface area contributed by atoms with Gasteiger partial charge in [-0.25, -0.2) is 4.98 Å². The molecule has 14 heavy (non-hydrogen) atoms. The number of nitrogens with one attached hydrogen (secondary N) is 1. The van der Waals surface area contributed by atoms with Crippen molar-refractivity contribution in [2.45, 2.75) is 38.6 Å². The molecule has 2 rings (SSSR count). The molecule has 0 radical (unpaired) electrons. The summed E-state index contributed by atoms with van der Waals surface area (Å²) in [5, 5.41) is 0. The van der Waals surface area contributed by atoms with Crippen molar-refractivity contribution in [1.82, 2.24) is 9.97 Å². The Labute approximate surface area is 85.1 Å². The highest BCUT2D eigenvalue weighted by Gasteiger charge is 2.40. The van der Waals surface area contributed by atoms with Crippen LogP contribution in [-0.2, 0) is 5.54 Å². The summed E-state index contributed by atoms with van der Waals surface area (Å²) in [5.74, 6) is 2.18. The predicted octanol–water partition coefficient (Wildman–Crippen LogP) is 2.02. The highest BCUT2D eigenvalue weighted by atomic mass is 15.0. The van der Waals surface area contributed by atoms with Crippen molar-refractivity contribution < 1.29 is 0 Å². The lowest BCUT2D eigenvalue weighted by Crippen LogP contribution is -2.48. The Hall–Kier alpha value is -0.830. The van der Waals surface area contributed by atoms with Crippen LogP contribution >= 0.6 is 0 Å². The first kappa shape index (κ1) is 9.71. The summed E-state index contributed by atoms with van der Waals surface area (Å²) >= 11 is 0. The van der Waals surface area contributed by atoms with E-state index < -0.39 is 0 Å². The van der Waals surface area contributed by atoms with Gasteiger partial charge in [0.2, 0.25) is 0 Å². The lowest BCUT2D eigenvalue weighted by atomic mass is 9.70. The maximum absolute atomic E-state index is 6.46. The van der Waals surface area contributed by atoms with E-state index in [1.807, 2.05) is 6.20 Å². The van der Waals surface area contributed by atoms with Gasteiger partial charge < -0.3 is 10.7 Å². The molecule has 1 aliphatic carbocycles. The second kappa shape index (κ2) is 3.39. The maximum Gasteiger partial charge on any atom is 0.126 e. The van der Waals surface area contributed by atoms with Gasteiger partial charge in [-0.15, -0.1) is 0 Å². The molecule has 0 saturated heterocycles. The standard InChI is InChI=1S/C11H19N3/c1-8-3-4-9(2)11(12,7-8)10-13-5-6-14-10/h5-6,8-9H,3-4,7,12H2,1-2H3,(H,13,14)/t8-,9-,11+/m1/s1. The number of imidazole rings is 1. The second-order valence-electron chi connectivity index (χ2n) is 4.77. The van der Waals surface area contributed by atoms with Crippen LogP contribution in [0.15, 0.2) is 12.4 Å². The molecule has 0 unspecified atom stereocenters. The van der Waals surface area contributed by atoms with E-state index in [1.54, 1.807) is 6.20 Å². The molecule has 0 aromatic carbocycles. The number of nitrogens with two attached hydrogens (primary N) is 1. The number of rotatable bonds is 1. The molecule has 1 aromatic rings. The van der Waals surface area contributed by atoms with Crippen LogP contribution in [0.5, 0.6) is 0 Å². The highest BCUT2D eigenvalue weighted by Crippen LogP contribution is 2.40. The topological polar surface area (TPSA) is 54.7 Å². The van der Waals surface area contributed by atoms with E-state index in [1.165, 1.54) is 12.8 Å². The van der Waals surface area contributed by atoms with E-state index in [0.29, 0.717) is 11.8 Å². The van der Waals surface area contributed by atoms with Crippen molar-refractivity contribution in [1.29, 1.82) is 0 Å². The molecule has 1 aliphatic rings. The number of aromatic amines is 1. The SMILES string of the molecule is C[C@@H]1CC[C@@H](C)[C@](N)(c2ncc[nH]2)C1. The Kier molecular flexibility index (Phi) is 2.35. The summed E-state index contributed by atoms with van der Waals surface area (Å²) in [6.07, 6.45) is 7.19. The van der Waals surface area contributed by atoms with Gasteiger partial charge in [0.25, 0.3) is 0 Å². The molecule has 0 aliphatic heterocycles. The molecule has 1 fully saturated rings. The zero-order valence-electron chi connectivity index (χ0n) is 8.96. The highest BCUT2D eigenvalue weighted by molar-refractivity contribution is 5.09. The number of hydrogen-bond donors (Lipinski definition) is 2. The first-order valence-electron chi connectivity index (χ1n) is 5.41.